The lowest BCUT2D eigenvalue weighted by Crippen LogP contribution is -2.12. The second kappa shape index (κ2) is 4.64. The first-order chi connectivity index (χ1) is 7.22. The van der Waals surface area contributed by atoms with Crippen LogP contribution in [0.5, 0.6) is 0 Å². The lowest BCUT2D eigenvalue weighted by molar-refractivity contribution is 0.276. The van der Waals surface area contributed by atoms with E-state index in [1.807, 2.05) is 0 Å². The molecule has 1 unspecified atom stereocenters. The maximum atomic E-state index is 8.87. The van der Waals surface area contributed by atoms with Gasteiger partial charge >= 0.3 is 0 Å². The Kier molecular flexibility index (Phi) is 3.44. The molecule has 3 N–H and O–H groups in total. The molecule has 0 aromatic heterocycles. The van der Waals surface area contributed by atoms with Crippen LogP contribution >= 0.6 is 15.9 Å². The third-order valence-corrected chi connectivity index (χ3v) is 3.76. The Labute approximate surface area is 98.6 Å². The molecule has 0 heterocycles. The van der Waals surface area contributed by atoms with Crippen molar-refractivity contribution in [1.29, 1.82) is 0 Å². The van der Waals surface area contributed by atoms with Gasteiger partial charge in [0.15, 0.2) is 0 Å². The van der Waals surface area contributed by atoms with Crippen LogP contribution in [0.25, 0.3) is 0 Å². The molecule has 0 spiro atoms. The Morgan fingerprint density at radius 2 is 2.20 bits per heavy atom. The fourth-order valence-electron chi connectivity index (χ4n) is 2.20. The minimum atomic E-state index is -0.0443. The molecule has 1 aliphatic carbocycles. The zero-order valence-electron chi connectivity index (χ0n) is 8.67. The van der Waals surface area contributed by atoms with E-state index in [4.69, 9.17) is 10.8 Å². The molecule has 0 saturated carbocycles. The molecule has 0 saturated heterocycles. The van der Waals surface area contributed by atoms with E-state index in [9.17, 15) is 0 Å². The van der Waals surface area contributed by atoms with Crippen LogP contribution in [0.1, 0.15) is 35.6 Å². The normalized spacial score (nSPS) is 16.5. The van der Waals surface area contributed by atoms with Gasteiger partial charge in [-0.3, -0.25) is 0 Å². The van der Waals surface area contributed by atoms with Gasteiger partial charge < -0.3 is 10.8 Å². The van der Waals surface area contributed by atoms with Gasteiger partial charge in [0, 0.05) is 17.1 Å². The molecule has 3 heteroatoms. The number of hydrogen-bond donors (Lipinski definition) is 2. The van der Waals surface area contributed by atoms with Crippen LogP contribution in [0.3, 0.4) is 0 Å². The minimum absolute atomic E-state index is 0.0443. The molecule has 2 rings (SSSR count). The van der Waals surface area contributed by atoms with Gasteiger partial charge in [0.2, 0.25) is 0 Å². The molecule has 0 fully saturated rings. The van der Waals surface area contributed by atoms with Gasteiger partial charge in [0.1, 0.15) is 0 Å². The van der Waals surface area contributed by atoms with Crippen molar-refractivity contribution in [3.63, 3.8) is 0 Å². The Bertz CT molecular complexity index is 365. The maximum Gasteiger partial charge on any atom is 0.0449 e. The summed E-state index contributed by atoms with van der Waals surface area (Å²) in [6, 6.07) is 4.26. The number of rotatable bonds is 3. The van der Waals surface area contributed by atoms with Crippen molar-refractivity contribution < 1.29 is 5.11 Å². The van der Waals surface area contributed by atoms with Crippen LogP contribution in [0.4, 0.5) is 0 Å². The lowest BCUT2D eigenvalue weighted by atomic mass is 10.00. The highest BCUT2D eigenvalue weighted by Crippen LogP contribution is 2.32. The average Bonchev–Trinajstić information content (AvgIpc) is 2.66. The van der Waals surface area contributed by atoms with E-state index in [2.05, 4.69) is 28.1 Å². The van der Waals surface area contributed by atoms with Gasteiger partial charge in [0.25, 0.3) is 0 Å². The van der Waals surface area contributed by atoms with E-state index >= 15 is 0 Å². The summed E-state index contributed by atoms with van der Waals surface area (Å²) in [5.41, 5.74) is 9.99. The number of halogens is 1. The quantitative estimate of drug-likeness (QED) is 0.885. The van der Waals surface area contributed by atoms with Crippen molar-refractivity contribution in [2.75, 3.05) is 6.61 Å². The molecule has 0 radical (unpaired) electrons. The topological polar surface area (TPSA) is 46.2 Å². The Morgan fingerprint density at radius 3 is 2.93 bits per heavy atom. The average molecular weight is 270 g/mol. The number of benzene rings is 1. The third-order valence-electron chi connectivity index (χ3n) is 3.05. The zero-order valence-corrected chi connectivity index (χ0v) is 10.3. The van der Waals surface area contributed by atoms with E-state index in [1.165, 1.54) is 28.4 Å². The summed E-state index contributed by atoms with van der Waals surface area (Å²) in [6.07, 6.45) is 4.21. The molecule has 1 atom stereocenters. The smallest absolute Gasteiger partial charge is 0.0449 e. The van der Waals surface area contributed by atoms with E-state index in [0.29, 0.717) is 6.42 Å². The molecule has 1 aromatic rings. The molecule has 0 amide bonds. The van der Waals surface area contributed by atoms with Crippen LogP contribution in [-0.2, 0) is 12.8 Å². The second-order valence-electron chi connectivity index (χ2n) is 4.11. The van der Waals surface area contributed by atoms with E-state index < -0.39 is 0 Å². The number of nitrogens with two attached hydrogens (primary N) is 1. The van der Waals surface area contributed by atoms with Gasteiger partial charge in [-0.05, 0) is 48.4 Å². The zero-order chi connectivity index (χ0) is 10.8. The van der Waals surface area contributed by atoms with Crippen molar-refractivity contribution in [2.24, 2.45) is 5.73 Å². The first-order valence-electron chi connectivity index (χ1n) is 5.40. The standard InChI is InChI=1S/C12H16BrNO/c13-11-7-9(12(14)4-5-15)6-8-2-1-3-10(8)11/h6-7,12,15H,1-5,14H2. The molecule has 2 nitrogen and oxygen atoms in total. The first kappa shape index (κ1) is 11.1. The van der Waals surface area contributed by atoms with Gasteiger partial charge in [0.05, 0.1) is 0 Å². The minimum Gasteiger partial charge on any atom is -0.396 e. The van der Waals surface area contributed by atoms with Crippen molar-refractivity contribution in [3.05, 3.63) is 33.3 Å². The van der Waals surface area contributed by atoms with E-state index in [1.54, 1.807) is 0 Å². The monoisotopic (exact) mass is 269 g/mol. The summed E-state index contributed by atoms with van der Waals surface area (Å²) in [5.74, 6) is 0. The van der Waals surface area contributed by atoms with Gasteiger partial charge in [-0.15, -0.1) is 0 Å². The fraction of sp³-hybridized carbons (Fsp3) is 0.500. The second-order valence-corrected chi connectivity index (χ2v) is 4.97. The van der Waals surface area contributed by atoms with E-state index in [0.717, 1.165) is 12.0 Å². The number of aryl methyl sites for hydroxylation is 1. The predicted octanol–water partition coefficient (Wildman–Crippen LogP) is 2.32. The molecular formula is C12H16BrNO. The molecule has 15 heavy (non-hydrogen) atoms. The fourth-order valence-corrected chi connectivity index (χ4v) is 2.91. The molecule has 0 aliphatic heterocycles. The van der Waals surface area contributed by atoms with Gasteiger partial charge in [-0.1, -0.05) is 22.0 Å². The van der Waals surface area contributed by atoms with Crippen LogP contribution in [0, 0.1) is 0 Å². The van der Waals surface area contributed by atoms with E-state index in [-0.39, 0.29) is 12.6 Å². The van der Waals surface area contributed by atoms with Gasteiger partial charge in [-0.2, -0.15) is 0 Å². The Balaban J connectivity index is 2.30. The summed E-state index contributed by atoms with van der Waals surface area (Å²) < 4.78 is 1.18. The van der Waals surface area contributed by atoms with Crippen LogP contribution in [-0.4, -0.2) is 11.7 Å². The predicted molar refractivity (Wildman–Crippen MR) is 64.8 cm³/mol. The van der Waals surface area contributed by atoms with Crippen LogP contribution in [0.2, 0.25) is 0 Å². The first-order valence-corrected chi connectivity index (χ1v) is 6.19. The highest BCUT2D eigenvalue weighted by Gasteiger charge is 2.16. The highest BCUT2D eigenvalue weighted by molar-refractivity contribution is 9.10. The summed E-state index contributed by atoms with van der Waals surface area (Å²) in [5, 5.41) is 8.87. The molecule has 1 aromatic carbocycles. The summed E-state index contributed by atoms with van der Waals surface area (Å²) in [6.45, 7) is 0.149. The Hall–Kier alpha value is -0.380. The van der Waals surface area contributed by atoms with Crippen molar-refractivity contribution in [2.45, 2.75) is 31.7 Å². The van der Waals surface area contributed by atoms with Crippen molar-refractivity contribution >= 4 is 15.9 Å². The summed E-state index contributed by atoms with van der Waals surface area (Å²) >= 11 is 3.60. The number of hydrogen-bond acceptors (Lipinski definition) is 2. The van der Waals surface area contributed by atoms with Crippen molar-refractivity contribution in [3.8, 4) is 0 Å². The van der Waals surface area contributed by atoms with Crippen LogP contribution < -0.4 is 5.73 Å². The summed E-state index contributed by atoms with van der Waals surface area (Å²) in [7, 11) is 0. The van der Waals surface area contributed by atoms with Crippen molar-refractivity contribution in [1.82, 2.24) is 0 Å². The number of fused-ring (bicyclic) bond motifs is 1. The lowest BCUT2D eigenvalue weighted by Gasteiger charge is -2.13. The Morgan fingerprint density at radius 1 is 1.40 bits per heavy atom. The molecule has 1 aliphatic rings. The largest absolute Gasteiger partial charge is 0.396 e. The SMILES string of the molecule is NC(CCO)c1cc(Br)c2c(c1)CCC2. The summed E-state index contributed by atoms with van der Waals surface area (Å²) in [4.78, 5) is 0. The highest BCUT2D eigenvalue weighted by atomic mass is 79.9. The third kappa shape index (κ3) is 2.25. The van der Waals surface area contributed by atoms with Gasteiger partial charge in [-0.25, -0.2) is 0 Å². The molecular weight excluding hydrogens is 254 g/mol. The molecule has 0 bridgehead atoms. The number of aliphatic hydroxyl groups is 1. The maximum absolute atomic E-state index is 8.87. The number of aliphatic hydroxyl groups excluding tert-OH is 1. The molecule has 82 valence electrons. The van der Waals surface area contributed by atoms with Crippen LogP contribution in [0.15, 0.2) is 16.6 Å².